The highest BCUT2D eigenvalue weighted by atomic mass is 35.5. The Hall–Kier alpha value is -1.47. The van der Waals surface area contributed by atoms with E-state index in [4.69, 9.17) is 23.2 Å². The third-order valence-electron chi connectivity index (χ3n) is 4.99. The van der Waals surface area contributed by atoms with E-state index in [1.165, 1.54) is 11.3 Å². The first kappa shape index (κ1) is 18.9. The Labute approximate surface area is 171 Å². The number of hydrogen-bond acceptors (Lipinski definition) is 5. The van der Waals surface area contributed by atoms with Crippen molar-refractivity contribution in [1.82, 2.24) is 14.8 Å². The molecular formula is C19H19Cl2N3O2S. The number of carbonyl (C=O) groups excluding carboxylic acids is 2. The van der Waals surface area contributed by atoms with Crippen LogP contribution in [0, 0.1) is 0 Å². The van der Waals surface area contributed by atoms with Gasteiger partial charge in [0.15, 0.2) is 5.78 Å². The van der Waals surface area contributed by atoms with Gasteiger partial charge < -0.3 is 4.90 Å². The molecule has 2 heterocycles. The standard InChI is InChI=1S/C19H19Cl2N3O2S/c20-12-4-5-13(14(21)10-12)19(26)24-8-6-23(7-9-24)11-17-22-15-2-1-3-16(25)18(15)27-17/h4-5,10H,1-3,6-9,11H2. The van der Waals surface area contributed by atoms with Crippen molar-refractivity contribution in [2.75, 3.05) is 26.2 Å². The van der Waals surface area contributed by atoms with Crippen LogP contribution >= 0.6 is 34.5 Å². The second kappa shape index (κ2) is 7.87. The molecule has 27 heavy (non-hydrogen) atoms. The second-order valence-corrected chi connectivity index (χ2v) is 8.78. The summed E-state index contributed by atoms with van der Waals surface area (Å²) >= 11 is 13.6. The summed E-state index contributed by atoms with van der Waals surface area (Å²) in [5.74, 6) is 0.168. The molecule has 1 aromatic heterocycles. The number of nitrogens with zero attached hydrogens (tertiary/aromatic N) is 3. The first-order chi connectivity index (χ1) is 13.0. The van der Waals surface area contributed by atoms with Gasteiger partial charge in [0.25, 0.3) is 5.91 Å². The smallest absolute Gasteiger partial charge is 0.255 e. The lowest BCUT2D eigenvalue weighted by Gasteiger charge is -2.34. The molecule has 0 spiro atoms. The zero-order valence-corrected chi connectivity index (χ0v) is 17.0. The van der Waals surface area contributed by atoms with E-state index in [1.54, 1.807) is 18.2 Å². The number of halogens is 2. The van der Waals surface area contributed by atoms with Crippen LogP contribution in [0.1, 0.15) is 43.6 Å². The molecule has 1 amide bonds. The minimum atomic E-state index is -0.0633. The van der Waals surface area contributed by atoms with Gasteiger partial charge in [-0.25, -0.2) is 4.98 Å². The zero-order valence-electron chi connectivity index (χ0n) is 14.7. The van der Waals surface area contributed by atoms with E-state index in [0.29, 0.717) is 35.1 Å². The molecule has 142 valence electrons. The number of hydrogen-bond donors (Lipinski definition) is 0. The van der Waals surface area contributed by atoms with Crippen LogP contribution in [-0.2, 0) is 13.0 Å². The lowest BCUT2D eigenvalue weighted by Crippen LogP contribution is -2.48. The largest absolute Gasteiger partial charge is 0.336 e. The Morgan fingerprint density at radius 3 is 2.63 bits per heavy atom. The molecule has 0 radical (unpaired) electrons. The molecule has 0 unspecified atom stereocenters. The van der Waals surface area contributed by atoms with E-state index in [0.717, 1.165) is 48.1 Å². The molecule has 8 heteroatoms. The molecule has 1 aliphatic heterocycles. The average molecular weight is 424 g/mol. The third kappa shape index (κ3) is 4.04. The Morgan fingerprint density at radius 1 is 1.15 bits per heavy atom. The predicted octanol–water partition coefficient (Wildman–Crippen LogP) is 3.93. The molecule has 1 fully saturated rings. The van der Waals surface area contributed by atoms with Crippen molar-refractivity contribution in [3.05, 3.63) is 49.4 Å². The maximum atomic E-state index is 12.7. The van der Waals surface area contributed by atoms with E-state index in [2.05, 4.69) is 9.88 Å². The fraction of sp³-hybridized carbons (Fsp3) is 0.421. The van der Waals surface area contributed by atoms with Crippen LogP contribution in [-0.4, -0.2) is 52.7 Å². The quantitative estimate of drug-likeness (QED) is 0.750. The van der Waals surface area contributed by atoms with Gasteiger partial charge in [-0.15, -0.1) is 11.3 Å². The molecule has 1 aliphatic carbocycles. The number of ketones is 1. The molecule has 0 saturated carbocycles. The minimum absolute atomic E-state index is 0.0633. The van der Waals surface area contributed by atoms with Crippen molar-refractivity contribution < 1.29 is 9.59 Å². The molecule has 0 bridgehead atoms. The van der Waals surface area contributed by atoms with Gasteiger partial charge in [0.2, 0.25) is 0 Å². The first-order valence-corrected chi connectivity index (χ1v) is 10.6. The van der Waals surface area contributed by atoms with E-state index in [-0.39, 0.29) is 11.7 Å². The summed E-state index contributed by atoms with van der Waals surface area (Å²) in [5.41, 5.74) is 1.46. The maximum Gasteiger partial charge on any atom is 0.255 e. The van der Waals surface area contributed by atoms with Gasteiger partial charge in [-0.2, -0.15) is 0 Å². The first-order valence-electron chi connectivity index (χ1n) is 9.00. The SMILES string of the molecule is O=C1CCCc2nc(CN3CCN(C(=O)c4ccc(Cl)cc4Cl)CC3)sc21. The molecule has 5 nitrogen and oxygen atoms in total. The van der Waals surface area contributed by atoms with E-state index < -0.39 is 0 Å². The molecule has 4 rings (SSSR count). The highest BCUT2D eigenvalue weighted by molar-refractivity contribution is 7.13. The van der Waals surface area contributed by atoms with Crippen molar-refractivity contribution in [3.63, 3.8) is 0 Å². The summed E-state index contributed by atoms with van der Waals surface area (Å²) in [6.45, 7) is 3.56. The number of carbonyl (C=O) groups is 2. The number of rotatable bonds is 3. The Morgan fingerprint density at radius 2 is 1.93 bits per heavy atom. The van der Waals surface area contributed by atoms with Gasteiger partial charge in [0.1, 0.15) is 5.01 Å². The van der Waals surface area contributed by atoms with E-state index in [1.807, 2.05) is 4.90 Å². The van der Waals surface area contributed by atoms with Gasteiger partial charge in [-0.1, -0.05) is 23.2 Å². The molecule has 2 aliphatic rings. The van der Waals surface area contributed by atoms with Crippen LogP contribution < -0.4 is 0 Å². The number of benzene rings is 1. The van der Waals surface area contributed by atoms with Gasteiger partial charge in [-0.3, -0.25) is 14.5 Å². The van der Waals surface area contributed by atoms with Gasteiger partial charge in [-0.05, 0) is 31.0 Å². The van der Waals surface area contributed by atoms with E-state index >= 15 is 0 Å². The fourth-order valence-corrected chi connectivity index (χ4v) is 5.13. The van der Waals surface area contributed by atoms with Gasteiger partial charge in [0.05, 0.1) is 27.7 Å². The summed E-state index contributed by atoms with van der Waals surface area (Å²) < 4.78 is 0. The summed E-state index contributed by atoms with van der Waals surface area (Å²) in [4.78, 5) is 34.3. The average Bonchev–Trinajstić information content (AvgIpc) is 3.06. The number of Topliss-reactive ketones (excluding diaryl/α,β-unsaturated/α-hetero) is 1. The summed E-state index contributed by atoms with van der Waals surface area (Å²) in [5, 5.41) is 1.90. The van der Waals surface area contributed by atoms with Crippen molar-refractivity contribution >= 4 is 46.2 Å². The Balaban J connectivity index is 1.36. The molecule has 0 N–H and O–H groups in total. The van der Waals surface area contributed by atoms with Gasteiger partial charge >= 0.3 is 0 Å². The Bertz CT molecular complexity index is 891. The third-order valence-corrected chi connectivity index (χ3v) is 6.66. The summed E-state index contributed by atoms with van der Waals surface area (Å²) in [7, 11) is 0. The molecule has 2 aromatic rings. The number of amides is 1. The zero-order chi connectivity index (χ0) is 19.0. The van der Waals surface area contributed by atoms with Crippen LogP contribution in [0.25, 0.3) is 0 Å². The Kier molecular flexibility index (Phi) is 5.50. The molecule has 1 aromatic carbocycles. The number of fused-ring (bicyclic) bond motifs is 1. The predicted molar refractivity (Wildman–Crippen MR) is 107 cm³/mol. The highest BCUT2D eigenvalue weighted by Crippen LogP contribution is 2.28. The maximum absolute atomic E-state index is 12.7. The summed E-state index contributed by atoms with van der Waals surface area (Å²) in [6.07, 6.45) is 2.45. The molecular weight excluding hydrogens is 405 g/mol. The van der Waals surface area contributed by atoms with Crippen LogP contribution in [0.5, 0.6) is 0 Å². The van der Waals surface area contributed by atoms with Crippen molar-refractivity contribution in [3.8, 4) is 0 Å². The summed E-state index contributed by atoms with van der Waals surface area (Å²) in [6, 6.07) is 4.96. The van der Waals surface area contributed by atoms with Crippen LogP contribution in [0.3, 0.4) is 0 Å². The fourth-order valence-electron chi connectivity index (χ4n) is 3.52. The number of thiazole rings is 1. The topological polar surface area (TPSA) is 53.5 Å². The van der Waals surface area contributed by atoms with Crippen molar-refractivity contribution in [1.29, 1.82) is 0 Å². The molecule has 0 atom stereocenters. The van der Waals surface area contributed by atoms with Crippen LogP contribution in [0.4, 0.5) is 0 Å². The number of aryl methyl sites for hydroxylation is 1. The lowest BCUT2D eigenvalue weighted by molar-refractivity contribution is 0.0628. The van der Waals surface area contributed by atoms with Gasteiger partial charge in [0, 0.05) is 37.6 Å². The van der Waals surface area contributed by atoms with Crippen LogP contribution in [0.15, 0.2) is 18.2 Å². The normalized spacial score (nSPS) is 17.9. The minimum Gasteiger partial charge on any atom is -0.336 e. The number of piperazine rings is 1. The van der Waals surface area contributed by atoms with Crippen molar-refractivity contribution in [2.45, 2.75) is 25.8 Å². The lowest BCUT2D eigenvalue weighted by atomic mass is 10.0. The number of aromatic nitrogens is 1. The van der Waals surface area contributed by atoms with E-state index in [9.17, 15) is 9.59 Å². The second-order valence-electron chi connectivity index (χ2n) is 6.85. The van der Waals surface area contributed by atoms with Crippen LogP contribution in [0.2, 0.25) is 10.0 Å². The molecule has 1 saturated heterocycles. The monoisotopic (exact) mass is 423 g/mol. The van der Waals surface area contributed by atoms with Crippen molar-refractivity contribution in [2.24, 2.45) is 0 Å². The highest BCUT2D eigenvalue weighted by Gasteiger charge is 2.26.